The normalized spacial score (nSPS) is 12.1. The zero-order valence-electron chi connectivity index (χ0n) is 22.5. The van der Waals surface area contributed by atoms with Crippen LogP contribution in [0.3, 0.4) is 0 Å². The lowest BCUT2D eigenvalue weighted by Gasteiger charge is -2.32. The summed E-state index contributed by atoms with van der Waals surface area (Å²) in [7, 11) is -4.13. The van der Waals surface area contributed by atoms with Crippen molar-refractivity contribution in [2.24, 2.45) is 0 Å². The molecule has 40 heavy (non-hydrogen) atoms. The molecule has 0 aliphatic carbocycles. The molecule has 3 rings (SSSR count). The summed E-state index contributed by atoms with van der Waals surface area (Å²) in [4.78, 5) is 28.4. The molecule has 0 saturated carbocycles. The van der Waals surface area contributed by atoms with Crippen LogP contribution in [0.5, 0.6) is 0 Å². The number of carbonyl (C=O) groups is 2. The van der Waals surface area contributed by atoms with Crippen molar-refractivity contribution in [2.75, 3.05) is 17.4 Å². The molecule has 7 nitrogen and oxygen atoms in total. The number of sulfonamides is 1. The van der Waals surface area contributed by atoms with Crippen LogP contribution in [0.1, 0.15) is 37.8 Å². The maximum absolute atomic E-state index is 13.9. The van der Waals surface area contributed by atoms with Crippen molar-refractivity contribution >= 4 is 66.7 Å². The van der Waals surface area contributed by atoms with E-state index in [9.17, 15) is 18.0 Å². The number of aryl methyl sites for hydroxylation is 1. The molecule has 0 aliphatic rings. The number of hydrogen-bond acceptors (Lipinski definition) is 4. The van der Waals surface area contributed by atoms with E-state index in [4.69, 9.17) is 23.2 Å². The SMILES string of the molecule is CCCCNC(=O)[C@H](C)N(Cc1ccc(Cl)c(Cl)c1)C(=O)CN(c1ccc(Br)cc1)S(=O)(=O)c1ccc(C)cc1. The van der Waals surface area contributed by atoms with Gasteiger partial charge in [-0.3, -0.25) is 13.9 Å². The lowest BCUT2D eigenvalue weighted by atomic mass is 10.1. The molecule has 0 bridgehead atoms. The average Bonchev–Trinajstić information content (AvgIpc) is 2.92. The van der Waals surface area contributed by atoms with Crippen molar-refractivity contribution in [1.29, 1.82) is 0 Å². The number of halogens is 3. The van der Waals surface area contributed by atoms with Crippen LogP contribution >= 0.6 is 39.1 Å². The van der Waals surface area contributed by atoms with E-state index in [1.807, 2.05) is 13.8 Å². The highest BCUT2D eigenvalue weighted by molar-refractivity contribution is 9.10. The first kappa shape index (κ1) is 31.9. The number of benzene rings is 3. The van der Waals surface area contributed by atoms with E-state index in [1.165, 1.54) is 17.0 Å². The number of amides is 2. The summed E-state index contributed by atoms with van der Waals surface area (Å²) >= 11 is 15.7. The van der Waals surface area contributed by atoms with Crippen molar-refractivity contribution in [2.45, 2.75) is 51.1 Å². The van der Waals surface area contributed by atoms with Crippen molar-refractivity contribution in [3.05, 3.63) is 92.4 Å². The molecule has 0 radical (unpaired) electrons. The smallest absolute Gasteiger partial charge is 0.264 e. The van der Waals surface area contributed by atoms with Gasteiger partial charge >= 0.3 is 0 Å². The zero-order valence-corrected chi connectivity index (χ0v) is 26.4. The van der Waals surface area contributed by atoms with E-state index >= 15 is 0 Å². The largest absolute Gasteiger partial charge is 0.354 e. The van der Waals surface area contributed by atoms with E-state index in [2.05, 4.69) is 21.2 Å². The van der Waals surface area contributed by atoms with Crippen LogP contribution in [0, 0.1) is 6.92 Å². The molecule has 2 amide bonds. The topological polar surface area (TPSA) is 86.8 Å². The van der Waals surface area contributed by atoms with Gasteiger partial charge in [-0.1, -0.05) is 76.2 Å². The minimum absolute atomic E-state index is 0.0246. The van der Waals surface area contributed by atoms with Crippen LogP contribution < -0.4 is 9.62 Å². The quantitative estimate of drug-likeness (QED) is 0.221. The molecule has 3 aromatic rings. The molecule has 214 valence electrons. The molecule has 1 atom stereocenters. The second-order valence-corrected chi connectivity index (χ2v) is 13.0. The van der Waals surface area contributed by atoms with Gasteiger partial charge in [-0.2, -0.15) is 0 Å². The van der Waals surface area contributed by atoms with Gasteiger partial charge in [0.2, 0.25) is 11.8 Å². The maximum atomic E-state index is 13.9. The molecule has 1 N–H and O–H groups in total. The van der Waals surface area contributed by atoms with Gasteiger partial charge in [0.1, 0.15) is 12.6 Å². The molecule has 3 aromatic carbocycles. The summed E-state index contributed by atoms with van der Waals surface area (Å²) in [6.07, 6.45) is 1.70. The van der Waals surface area contributed by atoms with Gasteiger partial charge < -0.3 is 10.2 Å². The third kappa shape index (κ3) is 8.22. The van der Waals surface area contributed by atoms with E-state index < -0.39 is 28.5 Å². The Hall–Kier alpha value is -2.59. The Morgan fingerprint density at radius 1 is 0.975 bits per heavy atom. The van der Waals surface area contributed by atoms with Gasteiger partial charge in [0.05, 0.1) is 20.6 Å². The first-order valence-corrected chi connectivity index (χ1v) is 15.8. The molecule has 0 unspecified atom stereocenters. The first-order chi connectivity index (χ1) is 18.9. The molecule has 0 spiro atoms. The van der Waals surface area contributed by atoms with Crippen molar-refractivity contribution in [1.82, 2.24) is 10.2 Å². The van der Waals surface area contributed by atoms with Crippen molar-refractivity contribution in [3.63, 3.8) is 0 Å². The van der Waals surface area contributed by atoms with E-state index in [0.29, 0.717) is 27.8 Å². The molecule has 11 heteroatoms. The van der Waals surface area contributed by atoms with Gasteiger partial charge in [-0.15, -0.1) is 0 Å². The molecule has 0 aliphatic heterocycles. The number of rotatable bonds is 12. The summed E-state index contributed by atoms with van der Waals surface area (Å²) in [5.74, 6) is -0.888. The van der Waals surface area contributed by atoms with Crippen LogP contribution in [0.25, 0.3) is 0 Å². The highest BCUT2D eigenvalue weighted by Crippen LogP contribution is 2.27. The van der Waals surface area contributed by atoms with E-state index in [1.54, 1.807) is 61.5 Å². The van der Waals surface area contributed by atoms with E-state index in [0.717, 1.165) is 27.2 Å². The number of hydrogen-bond donors (Lipinski definition) is 1. The number of anilines is 1. The Morgan fingerprint density at radius 2 is 1.62 bits per heavy atom. The third-order valence-corrected chi connectivity index (χ3v) is 9.39. The predicted molar refractivity (Wildman–Crippen MR) is 164 cm³/mol. The Labute approximate surface area is 254 Å². The van der Waals surface area contributed by atoms with Crippen LogP contribution in [0.15, 0.2) is 76.1 Å². The Kier molecular flexibility index (Phi) is 11.5. The number of nitrogens with zero attached hydrogens (tertiary/aromatic N) is 2. The average molecular weight is 669 g/mol. The second kappa shape index (κ2) is 14.3. The maximum Gasteiger partial charge on any atom is 0.264 e. The summed E-state index contributed by atoms with van der Waals surface area (Å²) in [6, 6.07) is 17.1. The molecule has 0 aromatic heterocycles. The Morgan fingerprint density at radius 3 is 2.23 bits per heavy atom. The monoisotopic (exact) mass is 667 g/mol. The summed E-state index contributed by atoms with van der Waals surface area (Å²) in [6.45, 7) is 5.47. The Balaban J connectivity index is 2.01. The third-order valence-electron chi connectivity index (χ3n) is 6.34. The number of unbranched alkanes of at least 4 members (excludes halogenated alkanes) is 1. The summed E-state index contributed by atoms with van der Waals surface area (Å²) < 4.78 is 29.5. The lowest BCUT2D eigenvalue weighted by molar-refractivity contribution is -0.139. The fraction of sp³-hybridized carbons (Fsp3) is 0.310. The van der Waals surface area contributed by atoms with Crippen molar-refractivity contribution in [3.8, 4) is 0 Å². The molecule has 0 fully saturated rings. The van der Waals surface area contributed by atoms with Crippen molar-refractivity contribution < 1.29 is 18.0 Å². The fourth-order valence-electron chi connectivity index (χ4n) is 3.93. The molecular weight excluding hydrogens is 637 g/mol. The summed E-state index contributed by atoms with van der Waals surface area (Å²) in [5, 5.41) is 3.53. The predicted octanol–water partition coefficient (Wildman–Crippen LogP) is 6.59. The van der Waals surface area contributed by atoms with Gasteiger partial charge in [-0.25, -0.2) is 8.42 Å². The molecule has 0 heterocycles. The Bertz CT molecular complexity index is 1430. The van der Waals surface area contributed by atoms with Crippen LogP contribution in [-0.2, 0) is 26.2 Å². The molecule has 0 saturated heterocycles. The molecular formula is C29H32BrCl2N3O4S. The highest BCUT2D eigenvalue weighted by Gasteiger charge is 2.32. The van der Waals surface area contributed by atoms with Gasteiger partial charge in [0.25, 0.3) is 10.0 Å². The van der Waals surface area contributed by atoms with Crippen LogP contribution in [0.4, 0.5) is 5.69 Å². The first-order valence-electron chi connectivity index (χ1n) is 12.8. The second-order valence-electron chi connectivity index (χ2n) is 9.39. The zero-order chi connectivity index (χ0) is 29.4. The van der Waals surface area contributed by atoms with Crippen LogP contribution in [0.2, 0.25) is 10.0 Å². The van der Waals surface area contributed by atoms with Gasteiger partial charge in [-0.05, 0) is 74.4 Å². The minimum atomic E-state index is -4.13. The lowest BCUT2D eigenvalue weighted by Crippen LogP contribution is -2.51. The minimum Gasteiger partial charge on any atom is -0.354 e. The fourth-order valence-corrected chi connectivity index (χ4v) is 5.93. The highest BCUT2D eigenvalue weighted by atomic mass is 79.9. The van der Waals surface area contributed by atoms with Crippen LogP contribution in [-0.4, -0.2) is 44.3 Å². The summed E-state index contributed by atoms with van der Waals surface area (Å²) in [5.41, 5.74) is 1.86. The van der Waals surface area contributed by atoms with Gasteiger partial charge in [0.15, 0.2) is 0 Å². The van der Waals surface area contributed by atoms with E-state index in [-0.39, 0.29) is 17.3 Å². The van der Waals surface area contributed by atoms with Gasteiger partial charge in [0, 0.05) is 17.6 Å². The number of nitrogens with one attached hydrogen (secondary N) is 1. The standard InChI is InChI=1S/C29H32BrCl2N3O4S/c1-4-5-16-33-29(37)21(3)34(18-22-8-15-26(31)27(32)17-22)28(36)19-35(24-11-9-23(30)10-12-24)40(38,39)25-13-6-20(2)7-14-25/h6-15,17,21H,4-5,16,18-19H2,1-3H3,(H,33,37)/t21-/m0/s1. The number of carbonyl (C=O) groups excluding carboxylic acids is 2.